The Morgan fingerprint density at radius 1 is 1.29 bits per heavy atom. The summed E-state index contributed by atoms with van der Waals surface area (Å²) in [7, 11) is 3.01. The lowest BCUT2D eigenvalue weighted by Crippen LogP contribution is -2.40. The zero-order valence-corrected chi connectivity index (χ0v) is 10.4. The van der Waals surface area contributed by atoms with E-state index in [1.807, 2.05) is 0 Å². The van der Waals surface area contributed by atoms with E-state index in [1.54, 1.807) is 7.05 Å². The molecular formula is C11H18N4O2. The van der Waals surface area contributed by atoms with Gasteiger partial charge in [0.1, 0.15) is 0 Å². The fourth-order valence-electron chi connectivity index (χ4n) is 2.32. The van der Waals surface area contributed by atoms with Crippen molar-refractivity contribution >= 4 is 5.82 Å². The average molecular weight is 238 g/mol. The minimum atomic E-state index is -0.402. The van der Waals surface area contributed by atoms with Gasteiger partial charge in [-0.1, -0.05) is 6.92 Å². The molecule has 6 nitrogen and oxygen atoms in total. The van der Waals surface area contributed by atoms with Gasteiger partial charge in [0, 0.05) is 20.1 Å². The number of aromatic nitrogens is 3. The van der Waals surface area contributed by atoms with Gasteiger partial charge in [-0.2, -0.15) is 0 Å². The van der Waals surface area contributed by atoms with E-state index in [1.165, 1.54) is 18.2 Å². The normalized spacial score (nSPS) is 23.9. The Hall–Kier alpha value is -1.59. The van der Waals surface area contributed by atoms with Crippen molar-refractivity contribution in [3.63, 3.8) is 0 Å². The SMILES string of the molecule is CC1CCC(Nc2nn(C)c(=O)n(C)c2=O)C1. The zero-order valence-electron chi connectivity index (χ0n) is 10.4. The third-order valence-corrected chi connectivity index (χ3v) is 3.36. The second-order valence-corrected chi connectivity index (χ2v) is 4.88. The van der Waals surface area contributed by atoms with E-state index in [0.29, 0.717) is 12.0 Å². The van der Waals surface area contributed by atoms with E-state index in [2.05, 4.69) is 17.3 Å². The first kappa shape index (κ1) is 11.9. The summed E-state index contributed by atoms with van der Waals surface area (Å²) in [4.78, 5) is 23.3. The molecule has 2 unspecified atom stereocenters. The van der Waals surface area contributed by atoms with Crippen molar-refractivity contribution < 1.29 is 0 Å². The smallest absolute Gasteiger partial charge is 0.346 e. The molecule has 0 bridgehead atoms. The maximum absolute atomic E-state index is 11.8. The molecule has 0 saturated heterocycles. The summed E-state index contributed by atoms with van der Waals surface area (Å²) in [5, 5.41) is 7.13. The maximum atomic E-state index is 11.8. The summed E-state index contributed by atoms with van der Waals surface area (Å²) in [6, 6.07) is 0.294. The molecule has 1 N–H and O–H groups in total. The van der Waals surface area contributed by atoms with Gasteiger partial charge in [0.05, 0.1) is 0 Å². The topological polar surface area (TPSA) is 68.9 Å². The largest absolute Gasteiger partial charge is 0.361 e. The quantitative estimate of drug-likeness (QED) is 0.792. The molecule has 2 rings (SSSR count). The fraction of sp³-hybridized carbons (Fsp3) is 0.727. The molecule has 1 saturated carbocycles. The first-order valence-corrected chi connectivity index (χ1v) is 5.90. The fourth-order valence-corrected chi connectivity index (χ4v) is 2.32. The van der Waals surface area contributed by atoms with Gasteiger partial charge < -0.3 is 5.32 Å². The molecule has 94 valence electrons. The first-order chi connectivity index (χ1) is 7.99. The van der Waals surface area contributed by atoms with Crippen LogP contribution in [-0.2, 0) is 14.1 Å². The average Bonchev–Trinajstić information content (AvgIpc) is 2.69. The predicted molar refractivity (Wildman–Crippen MR) is 65.1 cm³/mol. The highest BCUT2D eigenvalue weighted by molar-refractivity contribution is 5.31. The lowest BCUT2D eigenvalue weighted by molar-refractivity contribution is 0.586. The molecule has 0 radical (unpaired) electrons. The van der Waals surface area contributed by atoms with Crippen LogP contribution >= 0.6 is 0 Å². The van der Waals surface area contributed by atoms with Gasteiger partial charge in [-0.15, -0.1) is 5.10 Å². The number of aryl methyl sites for hydroxylation is 1. The second-order valence-electron chi connectivity index (χ2n) is 4.88. The number of nitrogens with zero attached hydrogens (tertiary/aromatic N) is 3. The summed E-state index contributed by atoms with van der Waals surface area (Å²) in [5.74, 6) is 0.956. The number of anilines is 1. The van der Waals surface area contributed by atoms with Crippen molar-refractivity contribution in [3.8, 4) is 0 Å². The van der Waals surface area contributed by atoms with Gasteiger partial charge in [-0.05, 0) is 25.2 Å². The van der Waals surface area contributed by atoms with Crippen LogP contribution < -0.4 is 16.6 Å². The number of nitrogens with one attached hydrogen (secondary N) is 1. The van der Waals surface area contributed by atoms with E-state index in [0.717, 1.165) is 17.4 Å². The molecule has 0 amide bonds. The monoisotopic (exact) mass is 238 g/mol. The van der Waals surface area contributed by atoms with Crippen molar-refractivity contribution in [3.05, 3.63) is 20.8 Å². The molecule has 0 aliphatic heterocycles. The molecule has 2 atom stereocenters. The van der Waals surface area contributed by atoms with Crippen LogP contribution in [0.4, 0.5) is 5.82 Å². The molecule has 1 aromatic rings. The molecule has 6 heteroatoms. The van der Waals surface area contributed by atoms with Crippen molar-refractivity contribution in [2.24, 2.45) is 20.0 Å². The third kappa shape index (κ3) is 2.25. The second kappa shape index (κ2) is 4.35. The lowest BCUT2D eigenvalue weighted by atomic mass is 10.1. The van der Waals surface area contributed by atoms with E-state index in [9.17, 15) is 9.59 Å². The molecule has 1 aromatic heterocycles. The Bertz CT molecular complexity index is 531. The van der Waals surface area contributed by atoms with E-state index >= 15 is 0 Å². The van der Waals surface area contributed by atoms with Crippen molar-refractivity contribution in [2.75, 3.05) is 5.32 Å². The van der Waals surface area contributed by atoms with Gasteiger partial charge in [0.25, 0.3) is 5.56 Å². The van der Waals surface area contributed by atoms with Crippen molar-refractivity contribution in [1.29, 1.82) is 0 Å². The summed E-state index contributed by atoms with van der Waals surface area (Å²) in [6.07, 6.45) is 3.27. The standard InChI is InChI=1S/C11H18N4O2/c1-7-4-5-8(6-7)12-9-10(16)14(2)11(17)15(3)13-9/h7-8H,4-6H2,1-3H3,(H,12,13). The lowest BCUT2D eigenvalue weighted by Gasteiger charge is -2.13. The Balaban J connectivity index is 2.28. The summed E-state index contributed by atoms with van der Waals surface area (Å²) in [5.41, 5.74) is -0.756. The van der Waals surface area contributed by atoms with Gasteiger partial charge >= 0.3 is 5.69 Å². The molecule has 1 aliphatic rings. The van der Waals surface area contributed by atoms with Crippen molar-refractivity contribution in [2.45, 2.75) is 32.2 Å². The van der Waals surface area contributed by atoms with Crippen LogP contribution in [0.5, 0.6) is 0 Å². The van der Waals surface area contributed by atoms with Crippen LogP contribution in [0.2, 0.25) is 0 Å². The summed E-state index contributed by atoms with van der Waals surface area (Å²) < 4.78 is 2.26. The highest BCUT2D eigenvalue weighted by atomic mass is 16.2. The highest BCUT2D eigenvalue weighted by Crippen LogP contribution is 2.26. The van der Waals surface area contributed by atoms with Gasteiger partial charge in [0.15, 0.2) is 0 Å². The van der Waals surface area contributed by atoms with Gasteiger partial charge in [0.2, 0.25) is 5.82 Å². The van der Waals surface area contributed by atoms with Gasteiger partial charge in [-0.25, -0.2) is 9.48 Å². The number of hydrogen-bond donors (Lipinski definition) is 1. The van der Waals surface area contributed by atoms with Crippen LogP contribution in [0, 0.1) is 5.92 Å². The van der Waals surface area contributed by atoms with Crippen LogP contribution in [0.3, 0.4) is 0 Å². The Kier molecular flexibility index (Phi) is 3.04. The molecule has 1 heterocycles. The number of hydrogen-bond acceptors (Lipinski definition) is 4. The van der Waals surface area contributed by atoms with Gasteiger partial charge in [-0.3, -0.25) is 9.36 Å². The number of rotatable bonds is 2. The Morgan fingerprint density at radius 2 is 2.00 bits per heavy atom. The molecule has 17 heavy (non-hydrogen) atoms. The van der Waals surface area contributed by atoms with Crippen LogP contribution in [0.25, 0.3) is 0 Å². The zero-order chi connectivity index (χ0) is 12.6. The molecule has 1 fully saturated rings. The minimum absolute atomic E-state index is 0.272. The van der Waals surface area contributed by atoms with Crippen LogP contribution in [0.15, 0.2) is 9.59 Å². The predicted octanol–water partition coefficient (Wildman–Crippen LogP) is 0.0795. The van der Waals surface area contributed by atoms with E-state index in [-0.39, 0.29) is 11.4 Å². The first-order valence-electron chi connectivity index (χ1n) is 5.90. The molecule has 1 aliphatic carbocycles. The summed E-state index contributed by atoms with van der Waals surface area (Å²) >= 11 is 0. The molecular weight excluding hydrogens is 220 g/mol. The van der Waals surface area contributed by atoms with Crippen LogP contribution in [0.1, 0.15) is 26.2 Å². The van der Waals surface area contributed by atoms with Crippen LogP contribution in [-0.4, -0.2) is 20.4 Å². The van der Waals surface area contributed by atoms with E-state index in [4.69, 9.17) is 0 Å². The summed E-state index contributed by atoms with van der Waals surface area (Å²) in [6.45, 7) is 2.20. The Labute approximate surface area is 99.3 Å². The highest BCUT2D eigenvalue weighted by Gasteiger charge is 2.22. The van der Waals surface area contributed by atoms with Crippen molar-refractivity contribution in [1.82, 2.24) is 14.3 Å². The Morgan fingerprint density at radius 3 is 2.59 bits per heavy atom. The maximum Gasteiger partial charge on any atom is 0.346 e. The molecule has 0 aromatic carbocycles. The molecule has 0 spiro atoms. The van der Waals surface area contributed by atoms with E-state index < -0.39 is 5.69 Å². The third-order valence-electron chi connectivity index (χ3n) is 3.36. The minimum Gasteiger partial charge on any atom is -0.361 e.